The predicted octanol–water partition coefficient (Wildman–Crippen LogP) is 1.89. The first-order chi connectivity index (χ1) is 13.1. The molecule has 0 bridgehead atoms. The molecular formula is C19H23N3O5S. The monoisotopic (exact) mass is 405 g/mol. The topological polar surface area (TPSA) is 96.0 Å². The third kappa shape index (κ3) is 5.16. The van der Waals surface area contributed by atoms with Crippen molar-refractivity contribution in [2.75, 3.05) is 33.1 Å². The minimum absolute atomic E-state index is 0.00633. The summed E-state index contributed by atoms with van der Waals surface area (Å²) in [6.07, 6.45) is 0. The fraction of sp³-hybridized carbons (Fsp3) is 0.263. The van der Waals surface area contributed by atoms with Gasteiger partial charge in [0.25, 0.3) is 15.9 Å². The van der Waals surface area contributed by atoms with Gasteiger partial charge in [0.05, 0.1) is 18.6 Å². The fourth-order valence-electron chi connectivity index (χ4n) is 2.36. The van der Waals surface area contributed by atoms with E-state index in [1.807, 2.05) is 19.1 Å². The number of nitrogens with one attached hydrogen (secondary N) is 1. The summed E-state index contributed by atoms with van der Waals surface area (Å²) in [5.41, 5.74) is 1.99. The molecule has 0 aliphatic carbocycles. The number of nitrogens with zero attached hydrogens (tertiary/aromatic N) is 2. The number of likely N-dealkylation sites (N-methyl/N-ethyl adjacent to an activating group) is 1. The van der Waals surface area contributed by atoms with Crippen molar-refractivity contribution in [1.82, 2.24) is 9.37 Å². The predicted molar refractivity (Wildman–Crippen MR) is 105 cm³/mol. The Morgan fingerprint density at radius 3 is 2.11 bits per heavy atom. The van der Waals surface area contributed by atoms with Gasteiger partial charge in [-0.2, -0.15) is 0 Å². The Bertz CT molecular complexity index is 941. The summed E-state index contributed by atoms with van der Waals surface area (Å²) in [6, 6.07) is 12.7. The van der Waals surface area contributed by atoms with Gasteiger partial charge in [-0.3, -0.25) is 14.4 Å². The first-order valence-corrected chi connectivity index (χ1v) is 9.84. The second-order valence-corrected chi connectivity index (χ2v) is 8.13. The summed E-state index contributed by atoms with van der Waals surface area (Å²) in [6.45, 7) is 1.81. The quantitative estimate of drug-likeness (QED) is 0.710. The number of carbonyl (C=O) groups is 2. The summed E-state index contributed by atoms with van der Waals surface area (Å²) in [7, 11) is 0.229. The van der Waals surface area contributed by atoms with Gasteiger partial charge in [0.2, 0.25) is 5.91 Å². The summed E-state index contributed by atoms with van der Waals surface area (Å²) in [4.78, 5) is 30.6. The molecule has 150 valence electrons. The number of anilines is 1. The number of hydrogen-bond donors (Lipinski definition) is 1. The number of amides is 2. The standard InChI is InChI=1S/C19H23N3O5S/c1-14-5-9-16(10-6-14)20-18(23)13-21(2)19(24)15-7-11-17(12-8-15)28(25,26)22(3)27-4/h5-12H,13H2,1-4H3,(H,20,23). The van der Waals surface area contributed by atoms with Gasteiger partial charge in [-0.25, -0.2) is 8.42 Å². The summed E-state index contributed by atoms with van der Waals surface area (Å²) >= 11 is 0. The van der Waals surface area contributed by atoms with Gasteiger partial charge >= 0.3 is 0 Å². The van der Waals surface area contributed by atoms with E-state index in [9.17, 15) is 18.0 Å². The lowest BCUT2D eigenvalue weighted by atomic mass is 10.2. The summed E-state index contributed by atoms with van der Waals surface area (Å²) < 4.78 is 25.1. The third-order valence-corrected chi connectivity index (χ3v) is 5.75. The molecule has 2 aromatic rings. The fourth-order valence-corrected chi connectivity index (χ4v) is 3.33. The van der Waals surface area contributed by atoms with Crippen LogP contribution in [-0.2, 0) is 19.7 Å². The number of hydroxylamine groups is 1. The number of rotatable bonds is 7. The van der Waals surface area contributed by atoms with Crippen LogP contribution in [0.25, 0.3) is 0 Å². The Balaban J connectivity index is 2.02. The van der Waals surface area contributed by atoms with Crippen LogP contribution < -0.4 is 5.32 Å². The minimum atomic E-state index is -3.79. The molecule has 0 spiro atoms. The lowest BCUT2D eigenvalue weighted by Gasteiger charge is -2.18. The molecule has 0 atom stereocenters. The molecule has 2 rings (SSSR count). The van der Waals surface area contributed by atoms with Crippen molar-refractivity contribution >= 4 is 27.5 Å². The van der Waals surface area contributed by atoms with Gasteiger partial charge in [0.1, 0.15) is 0 Å². The maximum absolute atomic E-state index is 12.5. The average Bonchev–Trinajstić information content (AvgIpc) is 2.68. The molecule has 0 aromatic heterocycles. The van der Waals surface area contributed by atoms with Gasteiger partial charge in [-0.15, -0.1) is 0 Å². The van der Waals surface area contributed by atoms with Gasteiger partial charge < -0.3 is 10.2 Å². The number of hydrogen-bond acceptors (Lipinski definition) is 5. The minimum Gasteiger partial charge on any atom is -0.332 e. The van der Waals surface area contributed by atoms with E-state index >= 15 is 0 Å². The highest BCUT2D eigenvalue weighted by atomic mass is 32.2. The molecule has 0 fully saturated rings. The SMILES string of the molecule is CON(C)S(=O)(=O)c1ccc(C(=O)N(C)CC(=O)Nc2ccc(C)cc2)cc1. The lowest BCUT2D eigenvalue weighted by molar-refractivity contribution is -0.116. The Morgan fingerprint density at radius 1 is 1.00 bits per heavy atom. The van der Waals surface area contributed by atoms with Crippen LogP contribution in [0.5, 0.6) is 0 Å². The van der Waals surface area contributed by atoms with Crippen molar-refractivity contribution in [3.05, 3.63) is 59.7 Å². The second-order valence-electron chi connectivity index (χ2n) is 6.20. The van der Waals surface area contributed by atoms with Crippen molar-refractivity contribution < 1.29 is 22.8 Å². The Kier molecular flexibility index (Phi) is 6.90. The molecule has 0 heterocycles. The van der Waals surface area contributed by atoms with Gasteiger partial charge in [0.15, 0.2) is 0 Å². The van der Waals surface area contributed by atoms with E-state index < -0.39 is 15.9 Å². The number of carbonyl (C=O) groups excluding carboxylic acids is 2. The maximum atomic E-state index is 12.5. The second kappa shape index (κ2) is 8.96. The molecule has 8 nitrogen and oxygen atoms in total. The zero-order chi connectivity index (χ0) is 20.9. The molecule has 0 unspecified atom stereocenters. The molecule has 2 amide bonds. The van der Waals surface area contributed by atoms with E-state index in [2.05, 4.69) is 5.32 Å². The van der Waals surface area contributed by atoms with Crippen molar-refractivity contribution in [2.24, 2.45) is 0 Å². The molecule has 28 heavy (non-hydrogen) atoms. The van der Waals surface area contributed by atoms with Crippen LogP contribution in [0.4, 0.5) is 5.69 Å². The largest absolute Gasteiger partial charge is 0.332 e. The molecule has 0 radical (unpaired) electrons. The number of sulfonamides is 1. The highest BCUT2D eigenvalue weighted by Crippen LogP contribution is 2.16. The zero-order valence-electron chi connectivity index (χ0n) is 16.2. The number of aryl methyl sites for hydroxylation is 1. The third-order valence-electron chi connectivity index (χ3n) is 4.06. The summed E-state index contributed by atoms with van der Waals surface area (Å²) in [5, 5.41) is 2.72. The van der Waals surface area contributed by atoms with Crippen molar-refractivity contribution in [3.8, 4) is 0 Å². The summed E-state index contributed by atoms with van der Waals surface area (Å²) in [5.74, 6) is -0.733. The zero-order valence-corrected chi connectivity index (χ0v) is 17.0. The van der Waals surface area contributed by atoms with Gasteiger partial charge in [-0.05, 0) is 43.3 Å². The van der Waals surface area contributed by atoms with E-state index in [-0.39, 0.29) is 22.9 Å². The Labute approximate surface area is 164 Å². The first kappa shape index (κ1) is 21.5. The first-order valence-electron chi connectivity index (χ1n) is 8.40. The van der Waals surface area contributed by atoms with Crippen LogP contribution in [-0.4, -0.2) is 57.4 Å². The van der Waals surface area contributed by atoms with Crippen molar-refractivity contribution in [3.63, 3.8) is 0 Å². The Hall–Kier alpha value is -2.75. The van der Waals surface area contributed by atoms with E-state index in [1.54, 1.807) is 12.1 Å². The molecular weight excluding hydrogens is 382 g/mol. The van der Waals surface area contributed by atoms with E-state index in [4.69, 9.17) is 4.84 Å². The van der Waals surface area contributed by atoms with Crippen LogP contribution in [0.3, 0.4) is 0 Å². The smallest absolute Gasteiger partial charge is 0.264 e. The highest BCUT2D eigenvalue weighted by molar-refractivity contribution is 7.89. The molecule has 9 heteroatoms. The molecule has 1 N–H and O–H groups in total. The molecule has 0 aliphatic rings. The van der Waals surface area contributed by atoms with E-state index in [0.717, 1.165) is 10.0 Å². The van der Waals surface area contributed by atoms with Crippen LogP contribution >= 0.6 is 0 Å². The maximum Gasteiger partial charge on any atom is 0.264 e. The molecule has 0 saturated heterocycles. The van der Waals surface area contributed by atoms with Gasteiger partial charge in [0, 0.05) is 25.3 Å². The average molecular weight is 405 g/mol. The van der Waals surface area contributed by atoms with Crippen LogP contribution in [0.1, 0.15) is 15.9 Å². The Morgan fingerprint density at radius 2 is 1.57 bits per heavy atom. The lowest BCUT2D eigenvalue weighted by Crippen LogP contribution is -2.35. The normalized spacial score (nSPS) is 11.3. The van der Waals surface area contributed by atoms with Crippen molar-refractivity contribution in [2.45, 2.75) is 11.8 Å². The van der Waals surface area contributed by atoms with Crippen LogP contribution in [0.15, 0.2) is 53.4 Å². The molecule has 0 aliphatic heterocycles. The highest BCUT2D eigenvalue weighted by Gasteiger charge is 2.22. The van der Waals surface area contributed by atoms with Crippen LogP contribution in [0, 0.1) is 6.92 Å². The molecule has 0 saturated carbocycles. The number of benzene rings is 2. The molecule has 2 aromatic carbocycles. The van der Waals surface area contributed by atoms with E-state index in [1.165, 1.54) is 50.4 Å². The van der Waals surface area contributed by atoms with E-state index in [0.29, 0.717) is 5.69 Å². The van der Waals surface area contributed by atoms with Crippen LogP contribution in [0.2, 0.25) is 0 Å². The van der Waals surface area contributed by atoms with Crippen molar-refractivity contribution in [1.29, 1.82) is 0 Å². The van der Waals surface area contributed by atoms with Gasteiger partial charge in [-0.1, -0.05) is 22.2 Å².